The molecule has 4 nitrogen and oxygen atoms in total. The minimum atomic E-state index is 0.0963. The molecule has 0 aliphatic carbocycles. The monoisotopic (exact) mass is 269 g/mol. The van der Waals surface area contributed by atoms with E-state index in [0.717, 1.165) is 5.56 Å². The highest BCUT2D eigenvalue weighted by atomic mass is 35.5. The third-order valence-electron chi connectivity index (χ3n) is 2.97. The molecule has 5 heteroatoms. The van der Waals surface area contributed by atoms with E-state index in [1.807, 2.05) is 18.2 Å². The van der Waals surface area contributed by atoms with E-state index < -0.39 is 0 Å². The van der Waals surface area contributed by atoms with Crippen molar-refractivity contribution in [2.45, 2.75) is 12.3 Å². The lowest BCUT2D eigenvalue weighted by Gasteiger charge is -2.14. The first kappa shape index (κ1) is 13.0. The molecule has 18 heavy (non-hydrogen) atoms. The maximum absolute atomic E-state index is 11.2. The molecule has 1 unspecified atom stereocenters. The Balaban J connectivity index is 2.19. The Morgan fingerprint density at radius 2 is 2.28 bits per heavy atom. The average Bonchev–Trinajstić information content (AvgIpc) is 2.82. The fraction of sp³-hybridized carbons (Fsp3) is 0.462. The van der Waals surface area contributed by atoms with Gasteiger partial charge in [0.2, 0.25) is 5.91 Å². The van der Waals surface area contributed by atoms with E-state index in [2.05, 4.69) is 5.32 Å². The van der Waals surface area contributed by atoms with Gasteiger partial charge in [0.05, 0.1) is 13.0 Å². The fourth-order valence-corrected chi connectivity index (χ4v) is 2.13. The van der Waals surface area contributed by atoms with Crippen LogP contribution in [0.15, 0.2) is 18.2 Å². The van der Waals surface area contributed by atoms with Crippen molar-refractivity contribution in [2.75, 3.05) is 26.1 Å². The van der Waals surface area contributed by atoms with E-state index in [4.69, 9.17) is 21.1 Å². The summed E-state index contributed by atoms with van der Waals surface area (Å²) in [7, 11) is 1.60. The van der Waals surface area contributed by atoms with Gasteiger partial charge in [-0.3, -0.25) is 4.79 Å². The minimum absolute atomic E-state index is 0.0963. The summed E-state index contributed by atoms with van der Waals surface area (Å²) in [5.41, 5.74) is 1.08. The zero-order chi connectivity index (χ0) is 13.0. The zero-order valence-corrected chi connectivity index (χ0v) is 11.0. The van der Waals surface area contributed by atoms with Gasteiger partial charge >= 0.3 is 0 Å². The van der Waals surface area contributed by atoms with Crippen LogP contribution in [-0.2, 0) is 4.79 Å². The smallest absolute Gasteiger partial charge is 0.220 e. The number of amides is 1. The van der Waals surface area contributed by atoms with Crippen LogP contribution in [0, 0.1) is 0 Å². The van der Waals surface area contributed by atoms with Crippen LogP contribution in [0.1, 0.15) is 17.9 Å². The van der Waals surface area contributed by atoms with Crippen LogP contribution in [0.25, 0.3) is 0 Å². The number of hydrogen-bond donors (Lipinski definition) is 1. The van der Waals surface area contributed by atoms with Gasteiger partial charge in [0.1, 0.15) is 6.61 Å². The molecule has 1 aliphatic rings. The number of methoxy groups -OCH3 is 1. The molecule has 1 aromatic carbocycles. The van der Waals surface area contributed by atoms with Crippen LogP contribution in [0.5, 0.6) is 11.5 Å². The summed E-state index contributed by atoms with van der Waals surface area (Å²) in [6.45, 7) is 1.11. The van der Waals surface area contributed by atoms with Gasteiger partial charge in [0.15, 0.2) is 11.5 Å². The Labute approximate surface area is 111 Å². The normalized spacial score (nSPS) is 18.6. The number of alkyl halides is 1. The predicted octanol–water partition coefficient (Wildman–Crippen LogP) is 1.92. The number of carbonyl (C=O) groups excluding carboxylic acids is 1. The quantitative estimate of drug-likeness (QED) is 0.831. The Morgan fingerprint density at radius 3 is 2.89 bits per heavy atom. The number of rotatable bonds is 5. The molecule has 2 rings (SSSR count). The lowest BCUT2D eigenvalue weighted by atomic mass is 9.98. The highest BCUT2D eigenvalue weighted by Crippen LogP contribution is 2.33. The lowest BCUT2D eigenvalue weighted by molar-refractivity contribution is -0.119. The van der Waals surface area contributed by atoms with Crippen molar-refractivity contribution in [3.63, 3.8) is 0 Å². The van der Waals surface area contributed by atoms with Crippen LogP contribution in [-0.4, -0.2) is 32.0 Å². The molecule has 0 spiro atoms. The number of ether oxygens (including phenoxy) is 2. The second kappa shape index (κ2) is 5.96. The molecular weight excluding hydrogens is 254 g/mol. The van der Waals surface area contributed by atoms with Gasteiger partial charge in [-0.2, -0.15) is 0 Å². The molecule has 1 amide bonds. The van der Waals surface area contributed by atoms with Gasteiger partial charge in [0, 0.05) is 18.9 Å². The minimum Gasteiger partial charge on any atom is -0.493 e. The highest BCUT2D eigenvalue weighted by molar-refractivity contribution is 6.18. The van der Waals surface area contributed by atoms with Crippen molar-refractivity contribution in [3.8, 4) is 11.5 Å². The molecule has 1 aromatic rings. The number of hydrogen-bond acceptors (Lipinski definition) is 3. The van der Waals surface area contributed by atoms with Crippen molar-refractivity contribution in [1.82, 2.24) is 5.32 Å². The average molecular weight is 270 g/mol. The highest BCUT2D eigenvalue weighted by Gasteiger charge is 2.23. The molecule has 1 fully saturated rings. The SMILES string of the molecule is COc1ccc(C2CNC(=O)C2)cc1OCCCl. The first-order valence-electron chi connectivity index (χ1n) is 5.88. The second-order valence-corrected chi connectivity index (χ2v) is 4.53. The largest absolute Gasteiger partial charge is 0.493 e. The standard InChI is InChI=1S/C13H16ClNO3/c1-17-11-3-2-9(6-12(11)18-5-4-14)10-7-13(16)15-8-10/h2-3,6,10H,4-5,7-8H2,1H3,(H,15,16). The predicted molar refractivity (Wildman–Crippen MR) is 69.6 cm³/mol. The maximum atomic E-state index is 11.2. The number of nitrogens with one attached hydrogen (secondary N) is 1. The van der Waals surface area contributed by atoms with E-state index in [1.165, 1.54) is 0 Å². The molecule has 0 bridgehead atoms. The van der Waals surface area contributed by atoms with E-state index in [0.29, 0.717) is 37.0 Å². The van der Waals surface area contributed by atoms with Gasteiger partial charge in [-0.05, 0) is 17.7 Å². The van der Waals surface area contributed by atoms with Crippen molar-refractivity contribution in [3.05, 3.63) is 23.8 Å². The van der Waals surface area contributed by atoms with E-state index in [-0.39, 0.29) is 11.8 Å². The van der Waals surface area contributed by atoms with Crippen LogP contribution >= 0.6 is 11.6 Å². The van der Waals surface area contributed by atoms with Crippen LogP contribution in [0.2, 0.25) is 0 Å². The summed E-state index contributed by atoms with van der Waals surface area (Å²) in [5.74, 6) is 2.09. The topological polar surface area (TPSA) is 47.6 Å². The summed E-state index contributed by atoms with van der Waals surface area (Å²) in [6, 6.07) is 5.76. The van der Waals surface area contributed by atoms with Crippen LogP contribution in [0.3, 0.4) is 0 Å². The number of benzene rings is 1. The fourth-order valence-electron chi connectivity index (χ4n) is 2.05. The molecule has 1 saturated heterocycles. The van der Waals surface area contributed by atoms with Crippen molar-refractivity contribution >= 4 is 17.5 Å². The summed E-state index contributed by atoms with van der Waals surface area (Å²) in [4.78, 5) is 11.2. The summed E-state index contributed by atoms with van der Waals surface area (Å²) in [6.07, 6.45) is 0.529. The second-order valence-electron chi connectivity index (χ2n) is 4.15. The first-order valence-corrected chi connectivity index (χ1v) is 6.41. The Bertz CT molecular complexity index is 436. The van der Waals surface area contributed by atoms with E-state index in [9.17, 15) is 4.79 Å². The molecule has 1 atom stereocenters. The Hall–Kier alpha value is -1.42. The molecule has 0 aromatic heterocycles. The van der Waals surface area contributed by atoms with Crippen molar-refractivity contribution in [2.24, 2.45) is 0 Å². The summed E-state index contributed by atoms with van der Waals surface area (Å²) in [5, 5.41) is 2.83. The summed E-state index contributed by atoms with van der Waals surface area (Å²) >= 11 is 5.61. The third kappa shape index (κ3) is 2.88. The van der Waals surface area contributed by atoms with Gasteiger partial charge in [-0.1, -0.05) is 6.07 Å². The number of halogens is 1. The molecule has 1 N–H and O–H groups in total. The van der Waals surface area contributed by atoms with E-state index >= 15 is 0 Å². The summed E-state index contributed by atoms with van der Waals surface area (Å²) < 4.78 is 10.8. The first-order chi connectivity index (χ1) is 8.74. The Kier molecular flexibility index (Phi) is 4.31. The number of carbonyl (C=O) groups is 1. The van der Waals surface area contributed by atoms with Gasteiger partial charge in [0.25, 0.3) is 0 Å². The van der Waals surface area contributed by atoms with E-state index in [1.54, 1.807) is 7.11 Å². The zero-order valence-electron chi connectivity index (χ0n) is 10.2. The molecule has 0 radical (unpaired) electrons. The van der Waals surface area contributed by atoms with Gasteiger partial charge in [-0.15, -0.1) is 11.6 Å². The molecule has 98 valence electrons. The molecule has 1 heterocycles. The molecule has 0 saturated carbocycles. The maximum Gasteiger partial charge on any atom is 0.220 e. The van der Waals surface area contributed by atoms with Crippen molar-refractivity contribution < 1.29 is 14.3 Å². The lowest BCUT2D eigenvalue weighted by Crippen LogP contribution is -2.13. The molecule has 1 aliphatic heterocycles. The van der Waals surface area contributed by atoms with Crippen molar-refractivity contribution in [1.29, 1.82) is 0 Å². The molecular formula is C13H16ClNO3. The van der Waals surface area contributed by atoms with Gasteiger partial charge in [-0.25, -0.2) is 0 Å². The van der Waals surface area contributed by atoms with Crippen LogP contribution < -0.4 is 14.8 Å². The van der Waals surface area contributed by atoms with Gasteiger partial charge < -0.3 is 14.8 Å². The van der Waals surface area contributed by atoms with Crippen LogP contribution in [0.4, 0.5) is 0 Å². The third-order valence-corrected chi connectivity index (χ3v) is 3.13. The Morgan fingerprint density at radius 1 is 1.44 bits per heavy atom.